The van der Waals surface area contributed by atoms with E-state index in [2.05, 4.69) is 4.98 Å². The fraction of sp³-hybridized carbons (Fsp3) is 0.185. The van der Waals surface area contributed by atoms with E-state index >= 15 is 0 Å². The molecule has 0 atom stereocenters. The number of benzene rings is 3. The summed E-state index contributed by atoms with van der Waals surface area (Å²) in [4.78, 5) is 31.1. The summed E-state index contributed by atoms with van der Waals surface area (Å²) in [7, 11) is 0. The molecule has 4 nitrogen and oxygen atoms in total. The molecule has 0 saturated carbocycles. The van der Waals surface area contributed by atoms with Crippen molar-refractivity contribution in [3.8, 4) is 0 Å². The number of anilines is 1. The lowest BCUT2D eigenvalue weighted by atomic mass is 10.1. The second-order valence-corrected chi connectivity index (χ2v) is 8.19. The summed E-state index contributed by atoms with van der Waals surface area (Å²) in [6.45, 7) is 8.22. The van der Waals surface area contributed by atoms with E-state index in [1.54, 1.807) is 4.90 Å². The average Bonchev–Trinajstić information content (AvgIpc) is 2.75. The maximum Gasteiger partial charge on any atom is 0.258 e. The smallest absolute Gasteiger partial charge is 0.258 e. The van der Waals surface area contributed by atoms with Gasteiger partial charge < -0.3 is 9.88 Å². The molecule has 0 bridgehead atoms. The van der Waals surface area contributed by atoms with E-state index in [-0.39, 0.29) is 18.0 Å². The largest absolute Gasteiger partial charge is 0.321 e. The zero-order valence-electron chi connectivity index (χ0n) is 18.3. The summed E-state index contributed by atoms with van der Waals surface area (Å²) in [5, 5.41) is 0.956. The predicted octanol–water partition coefficient (Wildman–Crippen LogP) is 5.61. The number of hydrogen-bond acceptors (Lipinski definition) is 2. The molecule has 1 N–H and O–H groups in total. The van der Waals surface area contributed by atoms with Crippen LogP contribution in [0.2, 0.25) is 0 Å². The van der Waals surface area contributed by atoms with Crippen LogP contribution in [-0.4, -0.2) is 10.9 Å². The number of carbonyl (C=O) groups excluding carboxylic acids is 1. The van der Waals surface area contributed by atoms with Crippen LogP contribution < -0.4 is 10.5 Å². The Morgan fingerprint density at radius 2 is 1.58 bits per heavy atom. The third-order valence-electron chi connectivity index (χ3n) is 5.84. The Morgan fingerprint density at radius 1 is 0.839 bits per heavy atom. The van der Waals surface area contributed by atoms with Crippen LogP contribution in [0.1, 0.15) is 38.2 Å². The zero-order valence-corrected chi connectivity index (χ0v) is 18.3. The Morgan fingerprint density at radius 3 is 2.29 bits per heavy atom. The van der Waals surface area contributed by atoms with Crippen molar-refractivity contribution >= 4 is 22.5 Å². The Kier molecular flexibility index (Phi) is 5.47. The maximum atomic E-state index is 13.5. The van der Waals surface area contributed by atoms with Gasteiger partial charge in [-0.25, -0.2) is 0 Å². The van der Waals surface area contributed by atoms with E-state index in [4.69, 9.17) is 0 Å². The number of fused-ring (bicyclic) bond motifs is 1. The van der Waals surface area contributed by atoms with Gasteiger partial charge in [0.2, 0.25) is 0 Å². The molecule has 3 aromatic carbocycles. The molecule has 4 aromatic rings. The van der Waals surface area contributed by atoms with Crippen LogP contribution in [0.3, 0.4) is 0 Å². The fourth-order valence-corrected chi connectivity index (χ4v) is 3.74. The van der Waals surface area contributed by atoms with Gasteiger partial charge in [0.25, 0.3) is 11.5 Å². The van der Waals surface area contributed by atoms with Crippen LogP contribution >= 0.6 is 0 Å². The van der Waals surface area contributed by atoms with E-state index in [9.17, 15) is 9.59 Å². The first kappa shape index (κ1) is 20.6. The van der Waals surface area contributed by atoms with Gasteiger partial charge >= 0.3 is 0 Å². The average molecular weight is 411 g/mol. The van der Waals surface area contributed by atoms with Crippen molar-refractivity contribution in [2.24, 2.45) is 0 Å². The number of nitrogens with zero attached hydrogens (tertiary/aromatic N) is 1. The van der Waals surface area contributed by atoms with Crippen molar-refractivity contribution in [2.45, 2.75) is 34.2 Å². The van der Waals surface area contributed by atoms with Crippen LogP contribution in [0.4, 0.5) is 5.69 Å². The fourth-order valence-electron chi connectivity index (χ4n) is 3.74. The number of aryl methyl sites for hydroxylation is 4. The van der Waals surface area contributed by atoms with E-state index in [1.807, 2.05) is 94.4 Å². The Balaban J connectivity index is 1.81. The van der Waals surface area contributed by atoms with Gasteiger partial charge in [0, 0.05) is 16.8 Å². The second kappa shape index (κ2) is 8.23. The van der Waals surface area contributed by atoms with Crippen molar-refractivity contribution in [3.05, 3.63) is 110 Å². The standard InChI is InChI=1S/C27H26N2O2/c1-17-8-11-21(12-9-17)27(31)29(24-13-10-18(2)20(4)14-24)16-23-15-22-7-5-6-19(3)25(22)28-26(23)30/h5-15H,16H2,1-4H3,(H,28,30). The first-order valence-electron chi connectivity index (χ1n) is 10.4. The number of hydrogen-bond donors (Lipinski definition) is 1. The number of aromatic nitrogens is 1. The molecule has 1 aromatic heterocycles. The number of rotatable bonds is 4. The molecule has 0 fully saturated rings. The van der Waals surface area contributed by atoms with Crippen molar-refractivity contribution in [3.63, 3.8) is 0 Å². The van der Waals surface area contributed by atoms with Crippen molar-refractivity contribution in [1.29, 1.82) is 0 Å². The summed E-state index contributed by atoms with van der Waals surface area (Å²) in [5.74, 6) is -0.132. The molecular weight excluding hydrogens is 384 g/mol. The molecule has 0 spiro atoms. The summed E-state index contributed by atoms with van der Waals surface area (Å²) >= 11 is 0. The van der Waals surface area contributed by atoms with Crippen LogP contribution in [0, 0.1) is 27.7 Å². The molecule has 4 rings (SSSR count). The van der Waals surface area contributed by atoms with E-state index < -0.39 is 0 Å². The van der Waals surface area contributed by atoms with Gasteiger partial charge in [-0.1, -0.05) is 42.0 Å². The molecule has 1 amide bonds. The number of amides is 1. The molecular formula is C27H26N2O2. The second-order valence-electron chi connectivity index (χ2n) is 8.19. The van der Waals surface area contributed by atoms with Gasteiger partial charge in [-0.3, -0.25) is 9.59 Å². The van der Waals surface area contributed by atoms with Crippen LogP contribution in [0.5, 0.6) is 0 Å². The van der Waals surface area contributed by atoms with Gasteiger partial charge in [0.15, 0.2) is 0 Å². The minimum Gasteiger partial charge on any atom is -0.321 e. The van der Waals surface area contributed by atoms with Gasteiger partial charge in [-0.05, 0) is 80.1 Å². The zero-order chi connectivity index (χ0) is 22.1. The number of carbonyl (C=O) groups is 1. The minimum atomic E-state index is -0.174. The quantitative estimate of drug-likeness (QED) is 0.475. The lowest BCUT2D eigenvalue weighted by Crippen LogP contribution is -2.33. The predicted molar refractivity (Wildman–Crippen MR) is 127 cm³/mol. The third-order valence-corrected chi connectivity index (χ3v) is 5.84. The summed E-state index contributed by atoms with van der Waals surface area (Å²) in [6.07, 6.45) is 0. The van der Waals surface area contributed by atoms with Crippen LogP contribution in [-0.2, 0) is 6.54 Å². The van der Waals surface area contributed by atoms with Gasteiger partial charge in [-0.15, -0.1) is 0 Å². The molecule has 156 valence electrons. The molecule has 4 heteroatoms. The number of aromatic amines is 1. The number of nitrogens with one attached hydrogen (secondary N) is 1. The highest BCUT2D eigenvalue weighted by molar-refractivity contribution is 6.06. The molecule has 0 saturated heterocycles. The monoisotopic (exact) mass is 410 g/mol. The normalized spacial score (nSPS) is 11.0. The Hall–Kier alpha value is -3.66. The molecule has 0 aliphatic heterocycles. The highest BCUT2D eigenvalue weighted by Gasteiger charge is 2.20. The maximum absolute atomic E-state index is 13.5. The number of pyridine rings is 1. The SMILES string of the molecule is Cc1ccc(C(=O)N(Cc2cc3cccc(C)c3[nH]c2=O)c2ccc(C)c(C)c2)cc1. The van der Waals surface area contributed by atoms with Crippen molar-refractivity contribution in [2.75, 3.05) is 4.90 Å². The molecule has 0 aliphatic carbocycles. The number of para-hydroxylation sites is 1. The lowest BCUT2D eigenvalue weighted by Gasteiger charge is -2.24. The molecule has 31 heavy (non-hydrogen) atoms. The topological polar surface area (TPSA) is 53.2 Å². The van der Waals surface area contributed by atoms with E-state index in [1.165, 1.54) is 0 Å². The van der Waals surface area contributed by atoms with Crippen molar-refractivity contribution < 1.29 is 4.79 Å². The van der Waals surface area contributed by atoms with Crippen molar-refractivity contribution in [1.82, 2.24) is 4.98 Å². The molecule has 1 heterocycles. The highest BCUT2D eigenvalue weighted by atomic mass is 16.2. The summed E-state index contributed by atoms with van der Waals surface area (Å²) < 4.78 is 0. The molecule has 0 unspecified atom stereocenters. The lowest BCUT2D eigenvalue weighted by molar-refractivity contribution is 0.0985. The molecule has 0 aliphatic rings. The first-order valence-corrected chi connectivity index (χ1v) is 10.4. The summed E-state index contributed by atoms with van der Waals surface area (Å²) in [5.41, 5.74) is 6.95. The van der Waals surface area contributed by atoms with Crippen LogP contribution in [0.25, 0.3) is 10.9 Å². The third kappa shape index (κ3) is 4.15. The van der Waals surface area contributed by atoms with E-state index in [0.29, 0.717) is 11.1 Å². The van der Waals surface area contributed by atoms with Gasteiger partial charge in [0.05, 0.1) is 12.1 Å². The number of H-pyrrole nitrogens is 1. The Bertz CT molecular complexity index is 1330. The first-order chi connectivity index (χ1) is 14.8. The van der Waals surface area contributed by atoms with E-state index in [0.717, 1.165) is 38.8 Å². The van der Waals surface area contributed by atoms with Gasteiger partial charge in [0.1, 0.15) is 0 Å². The highest BCUT2D eigenvalue weighted by Crippen LogP contribution is 2.24. The summed E-state index contributed by atoms with van der Waals surface area (Å²) in [6, 6.07) is 21.3. The van der Waals surface area contributed by atoms with Crippen LogP contribution in [0.15, 0.2) is 71.5 Å². The Labute approximate surface area is 182 Å². The van der Waals surface area contributed by atoms with Gasteiger partial charge in [-0.2, -0.15) is 0 Å². The molecule has 0 radical (unpaired) electrons. The minimum absolute atomic E-state index is 0.132.